The number of fused-ring (bicyclic) bond motifs is 1. The Morgan fingerprint density at radius 2 is 1.79 bits per heavy atom. The van der Waals surface area contributed by atoms with Crippen LogP contribution in [0.1, 0.15) is 16.8 Å². The molecule has 5 rings (SSSR count). The Labute approximate surface area is 221 Å². The smallest absolute Gasteiger partial charge is 0.257 e. The summed E-state index contributed by atoms with van der Waals surface area (Å²) in [5, 5.41) is 18.2. The third-order valence-electron chi connectivity index (χ3n) is 6.24. The zero-order chi connectivity index (χ0) is 26.5. The van der Waals surface area contributed by atoms with Crippen LogP contribution in [-0.2, 0) is 0 Å². The van der Waals surface area contributed by atoms with Crippen LogP contribution in [0, 0.1) is 0 Å². The van der Waals surface area contributed by atoms with Crippen molar-refractivity contribution in [3.05, 3.63) is 96.7 Å². The summed E-state index contributed by atoms with van der Waals surface area (Å²) in [6.45, 7) is 1.15. The van der Waals surface area contributed by atoms with E-state index in [-0.39, 0.29) is 11.7 Å². The van der Waals surface area contributed by atoms with Gasteiger partial charge in [-0.1, -0.05) is 42.5 Å². The molecule has 0 aliphatic carbocycles. The molecule has 2 heterocycles. The number of nitrogens with one attached hydrogen (secondary N) is 1. The van der Waals surface area contributed by atoms with E-state index in [1.165, 1.54) is 0 Å². The van der Waals surface area contributed by atoms with E-state index in [9.17, 15) is 9.90 Å². The Morgan fingerprint density at radius 3 is 2.61 bits per heavy atom. The molecule has 0 saturated carbocycles. The molecule has 9 heteroatoms. The van der Waals surface area contributed by atoms with Crippen LogP contribution < -0.4 is 15.5 Å². The second kappa shape index (κ2) is 11.1. The van der Waals surface area contributed by atoms with Gasteiger partial charge in [-0.3, -0.25) is 4.79 Å². The molecule has 0 unspecified atom stereocenters. The second-order valence-corrected chi connectivity index (χ2v) is 9.03. The molecular weight excluding hydrogens is 477 g/mol. The Bertz CT molecular complexity index is 1570. The molecule has 2 N–H and O–H groups in total. The fourth-order valence-electron chi connectivity index (χ4n) is 4.21. The maximum atomic E-state index is 13.2. The van der Waals surface area contributed by atoms with Crippen molar-refractivity contribution in [3.8, 4) is 28.5 Å². The first-order valence-corrected chi connectivity index (χ1v) is 12.5. The van der Waals surface area contributed by atoms with E-state index < -0.39 is 0 Å². The lowest BCUT2D eigenvalue weighted by Gasteiger charge is -2.19. The maximum absolute atomic E-state index is 13.2. The highest BCUT2D eigenvalue weighted by Crippen LogP contribution is 2.29. The van der Waals surface area contributed by atoms with Crippen LogP contribution in [0.2, 0.25) is 0 Å². The van der Waals surface area contributed by atoms with Crippen LogP contribution in [0.4, 0.5) is 5.82 Å². The summed E-state index contributed by atoms with van der Waals surface area (Å²) >= 11 is 0. The van der Waals surface area contributed by atoms with E-state index in [2.05, 4.69) is 10.4 Å². The number of nitrogens with zero attached hydrogens (tertiary/aromatic N) is 4. The number of carbonyl (C=O) groups is 1. The van der Waals surface area contributed by atoms with Crippen LogP contribution in [0.25, 0.3) is 16.9 Å². The van der Waals surface area contributed by atoms with Gasteiger partial charge in [0.05, 0.1) is 11.3 Å². The highest BCUT2D eigenvalue weighted by atomic mass is 16.5. The Morgan fingerprint density at radius 1 is 1.05 bits per heavy atom. The van der Waals surface area contributed by atoms with Crippen molar-refractivity contribution in [2.75, 3.05) is 25.5 Å². The molecule has 0 aliphatic heterocycles. The number of carbonyl (C=O) groups excluding carboxylic acids is 1. The van der Waals surface area contributed by atoms with Gasteiger partial charge >= 0.3 is 0 Å². The third-order valence-corrected chi connectivity index (χ3v) is 6.24. The first-order valence-electron chi connectivity index (χ1n) is 12.5. The van der Waals surface area contributed by atoms with Crippen LogP contribution in [-0.4, -0.2) is 58.5 Å². The standard InChI is InChI=1S/C29H28BN5O3/c1-34(29(37)22-13-6-8-15-26(22)38-20-10-3-2-4-11-20)17-9-16-31-27-18-24(21-12-5-7-14-25(21)36)33-28-23(30)19-32-35(27)28/h2-8,10-15,18-19,31,36H,9,16-17,30H2,1H3. The number of hydrogen-bond acceptors (Lipinski definition) is 6. The highest BCUT2D eigenvalue weighted by Gasteiger charge is 2.17. The first kappa shape index (κ1) is 24.9. The number of aromatic hydroxyl groups is 1. The molecule has 38 heavy (non-hydrogen) atoms. The number of ether oxygens (including phenoxy) is 1. The fraction of sp³-hybridized carbons (Fsp3) is 0.138. The number of rotatable bonds is 9. The average Bonchev–Trinajstić information content (AvgIpc) is 3.32. The molecule has 0 spiro atoms. The number of phenols is 1. The van der Waals surface area contributed by atoms with E-state index in [1.807, 2.05) is 68.5 Å². The number of amides is 1. The molecule has 2 aromatic heterocycles. The summed E-state index contributed by atoms with van der Waals surface area (Å²) in [5.41, 5.74) is 3.48. The van der Waals surface area contributed by atoms with Crippen molar-refractivity contribution in [3.63, 3.8) is 0 Å². The van der Waals surface area contributed by atoms with E-state index in [0.29, 0.717) is 47.8 Å². The third kappa shape index (κ3) is 5.32. The lowest BCUT2D eigenvalue weighted by molar-refractivity contribution is 0.0792. The van der Waals surface area contributed by atoms with Gasteiger partial charge in [-0.25, -0.2) is 4.98 Å². The van der Waals surface area contributed by atoms with Crippen molar-refractivity contribution in [1.82, 2.24) is 19.5 Å². The summed E-state index contributed by atoms with van der Waals surface area (Å²) < 4.78 is 7.72. The molecule has 3 aromatic carbocycles. The first-order chi connectivity index (χ1) is 18.5. The molecule has 0 aliphatic rings. The van der Waals surface area contributed by atoms with Crippen LogP contribution in [0.15, 0.2) is 91.1 Å². The molecule has 190 valence electrons. The van der Waals surface area contributed by atoms with E-state index >= 15 is 0 Å². The summed E-state index contributed by atoms with van der Waals surface area (Å²) in [5.74, 6) is 2.03. The quantitative estimate of drug-likeness (QED) is 0.234. The zero-order valence-electron chi connectivity index (χ0n) is 21.3. The Balaban J connectivity index is 1.25. The topological polar surface area (TPSA) is 92.0 Å². The number of para-hydroxylation sites is 3. The van der Waals surface area contributed by atoms with E-state index in [0.717, 1.165) is 16.9 Å². The van der Waals surface area contributed by atoms with Crippen molar-refractivity contribution in [2.45, 2.75) is 6.42 Å². The monoisotopic (exact) mass is 505 g/mol. The van der Waals surface area contributed by atoms with Crippen molar-refractivity contribution in [2.24, 2.45) is 0 Å². The minimum absolute atomic E-state index is 0.104. The van der Waals surface area contributed by atoms with Crippen LogP contribution in [0.3, 0.4) is 0 Å². The molecule has 1 amide bonds. The van der Waals surface area contributed by atoms with Gasteiger partial charge in [0.2, 0.25) is 0 Å². The Kier molecular flexibility index (Phi) is 7.26. The summed E-state index contributed by atoms with van der Waals surface area (Å²) in [7, 11) is 3.74. The largest absolute Gasteiger partial charge is 0.507 e. The van der Waals surface area contributed by atoms with Gasteiger partial charge in [-0.15, -0.1) is 0 Å². The van der Waals surface area contributed by atoms with Crippen molar-refractivity contribution in [1.29, 1.82) is 0 Å². The number of phenolic OH excluding ortho intramolecular Hbond substituents is 1. The van der Waals surface area contributed by atoms with Gasteiger partial charge in [0.1, 0.15) is 30.9 Å². The van der Waals surface area contributed by atoms with Crippen LogP contribution in [0.5, 0.6) is 17.2 Å². The number of hydrogen-bond donors (Lipinski definition) is 2. The Hall–Kier alpha value is -4.79. The number of aromatic nitrogens is 3. The van der Waals surface area contributed by atoms with Crippen molar-refractivity contribution >= 4 is 30.7 Å². The SMILES string of the molecule is Bc1cnn2c(NCCCN(C)C(=O)c3ccccc3Oc3ccccc3)cc(-c3ccccc3O)nc12. The molecular formula is C29H28BN5O3. The van der Waals surface area contributed by atoms with E-state index in [1.54, 1.807) is 46.9 Å². The number of anilines is 1. The molecule has 0 radical (unpaired) electrons. The molecule has 0 saturated heterocycles. The van der Waals surface area contributed by atoms with Gasteiger partial charge in [-0.05, 0) is 48.3 Å². The van der Waals surface area contributed by atoms with Gasteiger partial charge < -0.3 is 20.1 Å². The summed E-state index contributed by atoms with van der Waals surface area (Å²) in [6.07, 6.45) is 2.48. The molecule has 0 atom stereocenters. The van der Waals surface area contributed by atoms with Gasteiger partial charge in [-0.2, -0.15) is 9.61 Å². The highest BCUT2D eigenvalue weighted by molar-refractivity contribution is 6.36. The predicted octanol–water partition coefficient (Wildman–Crippen LogP) is 3.73. The minimum Gasteiger partial charge on any atom is -0.507 e. The molecule has 0 bridgehead atoms. The summed E-state index contributed by atoms with van der Waals surface area (Å²) in [6, 6.07) is 25.7. The van der Waals surface area contributed by atoms with Gasteiger partial charge in [0, 0.05) is 38.0 Å². The average molecular weight is 505 g/mol. The maximum Gasteiger partial charge on any atom is 0.257 e. The molecule has 8 nitrogen and oxygen atoms in total. The lowest BCUT2D eigenvalue weighted by Crippen LogP contribution is -2.29. The molecule has 0 fully saturated rings. The zero-order valence-corrected chi connectivity index (χ0v) is 21.3. The normalized spacial score (nSPS) is 10.9. The minimum atomic E-state index is -0.104. The van der Waals surface area contributed by atoms with E-state index in [4.69, 9.17) is 9.72 Å². The number of benzene rings is 3. The fourth-order valence-corrected chi connectivity index (χ4v) is 4.21. The molecule has 5 aromatic rings. The summed E-state index contributed by atoms with van der Waals surface area (Å²) in [4.78, 5) is 19.6. The van der Waals surface area contributed by atoms with Gasteiger partial charge in [0.15, 0.2) is 5.65 Å². The lowest BCUT2D eigenvalue weighted by atomic mass is 10.0. The second-order valence-electron chi connectivity index (χ2n) is 9.03. The van der Waals surface area contributed by atoms with Crippen molar-refractivity contribution < 1.29 is 14.6 Å². The van der Waals surface area contributed by atoms with Crippen LogP contribution >= 0.6 is 0 Å². The predicted molar refractivity (Wildman–Crippen MR) is 151 cm³/mol. The van der Waals surface area contributed by atoms with Gasteiger partial charge in [0.25, 0.3) is 5.91 Å².